The average Bonchev–Trinajstić information content (AvgIpc) is 2.25. The molecule has 4 nitrogen and oxygen atoms in total. The highest BCUT2D eigenvalue weighted by Crippen LogP contribution is 2.05. The van der Waals surface area contributed by atoms with Crippen LogP contribution in [0.25, 0.3) is 0 Å². The maximum Gasteiger partial charge on any atom is 0.141 e. The Balaban J connectivity index is 2.26. The van der Waals surface area contributed by atoms with Gasteiger partial charge in [-0.2, -0.15) is 5.10 Å². The Bertz CT molecular complexity index is 503. The van der Waals surface area contributed by atoms with Crippen LogP contribution in [0.3, 0.4) is 0 Å². The van der Waals surface area contributed by atoms with E-state index < -0.39 is 0 Å². The van der Waals surface area contributed by atoms with Gasteiger partial charge in [0.05, 0.1) is 6.54 Å². The molecule has 0 bridgehead atoms. The molecule has 0 spiro atoms. The number of hydrogen-bond donors (Lipinski definition) is 1. The van der Waals surface area contributed by atoms with Crippen molar-refractivity contribution in [1.82, 2.24) is 14.8 Å². The van der Waals surface area contributed by atoms with Gasteiger partial charge in [0.2, 0.25) is 0 Å². The molecular weight excluding hydrogens is 212 g/mol. The predicted octanol–water partition coefficient (Wildman–Crippen LogP) is 1.46. The van der Waals surface area contributed by atoms with E-state index in [1.807, 2.05) is 6.07 Å². The van der Waals surface area contributed by atoms with Crippen LogP contribution in [0.2, 0.25) is 5.15 Å². The van der Waals surface area contributed by atoms with Crippen molar-refractivity contribution in [2.24, 2.45) is 0 Å². The van der Waals surface area contributed by atoms with Crippen molar-refractivity contribution >= 4 is 11.6 Å². The number of nitrogens with one attached hydrogen (secondary N) is 1. The molecule has 0 atom stereocenters. The van der Waals surface area contributed by atoms with Gasteiger partial charge < -0.3 is 0 Å². The smallest absolute Gasteiger partial charge is 0.141 e. The fourth-order valence-corrected chi connectivity index (χ4v) is 1.31. The number of aromatic nitrogens is 3. The summed E-state index contributed by atoms with van der Waals surface area (Å²) in [6.07, 6.45) is 3.34. The van der Waals surface area contributed by atoms with Crippen LogP contribution in [0.4, 0.5) is 0 Å². The van der Waals surface area contributed by atoms with E-state index in [0.29, 0.717) is 17.2 Å². The molecule has 0 aliphatic heterocycles. The van der Waals surface area contributed by atoms with Gasteiger partial charge in [-0.1, -0.05) is 17.7 Å². The van der Waals surface area contributed by atoms with E-state index in [1.54, 1.807) is 35.3 Å². The summed E-state index contributed by atoms with van der Waals surface area (Å²) in [7, 11) is 0. The maximum atomic E-state index is 7.62. The van der Waals surface area contributed by atoms with Gasteiger partial charge in [-0.3, -0.25) is 5.41 Å². The van der Waals surface area contributed by atoms with Gasteiger partial charge in [-0.25, -0.2) is 9.67 Å². The van der Waals surface area contributed by atoms with Gasteiger partial charge in [0.1, 0.15) is 10.6 Å². The summed E-state index contributed by atoms with van der Waals surface area (Å²) in [6.45, 7) is 0.532. The van der Waals surface area contributed by atoms with Crippen molar-refractivity contribution in [2.45, 2.75) is 6.54 Å². The number of halogens is 1. The van der Waals surface area contributed by atoms with Crippen LogP contribution < -0.4 is 5.49 Å². The molecule has 0 unspecified atom stereocenters. The van der Waals surface area contributed by atoms with Crippen LogP contribution in [0, 0.1) is 5.41 Å². The van der Waals surface area contributed by atoms with Crippen LogP contribution in [-0.2, 0) is 6.54 Å². The second kappa shape index (κ2) is 4.23. The Morgan fingerprint density at radius 3 is 2.87 bits per heavy atom. The number of rotatable bonds is 2. The zero-order chi connectivity index (χ0) is 10.7. The highest BCUT2D eigenvalue weighted by Gasteiger charge is 1.96. The van der Waals surface area contributed by atoms with Gasteiger partial charge in [0.15, 0.2) is 0 Å². The van der Waals surface area contributed by atoms with Crippen LogP contribution in [-0.4, -0.2) is 14.8 Å². The molecule has 0 radical (unpaired) electrons. The molecule has 1 N–H and O–H groups in total. The molecule has 0 saturated heterocycles. The standard InChI is InChI=1S/C10H9ClN4/c11-9-4-3-8(6-13-9)7-15-10(12)2-1-5-14-15/h1-6,12H,7H2. The topological polar surface area (TPSA) is 54.6 Å². The molecule has 0 aliphatic carbocycles. The van der Waals surface area contributed by atoms with E-state index in [0.717, 1.165) is 5.56 Å². The third kappa shape index (κ3) is 2.41. The molecule has 0 fully saturated rings. The van der Waals surface area contributed by atoms with E-state index in [4.69, 9.17) is 17.0 Å². The third-order valence-electron chi connectivity index (χ3n) is 1.95. The molecule has 5 heteroatoms. The molecule has 2 aromatic heterocycles. The summed E-state index contributed by atoms with van der Waals surface area (Å²) in [5, 5.41) is 12.1. The number of hydrogen-bond acceptors (Lipinski definition) is 3. The summed E-state index contributed by atoms with van der Waals surface area (Å²) in [4.78, 5) is 3.97. The van der Waals surface area contributed by atoms with Gasteiger partial charge in [-0.15, -0.1) is 0 Å². The summed E-state index contributed by atoms with van der Waals surface area (Å²) < 4.78 is 1.59. The Labute approximate surface area is 91.7 Å². The monoisotopic (exact) mass is 220 g/mol. The largest absolute Gasteiger partial charge is 0.283 e. The van der Waals surface area contributed by atoms with E-state index in [2.05, 4.69) is 10.1 Å². The van der Waals surface area contributed by atoms with Gasteiger partial charge in [-0.05, 0) is 23.8 Å². The van der Waals surface area contributed by atoms with Gasteiger partial charge >= 0.3 is 0 Å². The number of nitrogens with zero attached hydrogens (tertiary/aromatic N) is 3. The zero-order valence-electron chi connectivity index (χ0n) is 7.89. The van der Waals surface area contributed by atoms with E-state index in [1.165, 1.54) is 0 Å². The summed E-state index contributed by atoms with van der Waals surface area (Å²) in [5.41, 5.74) is 1.34. The second-order valence-electron chi connectivity index (χ2n) is 3.06. The molecule has 2 aromatic rings. The normalized spacial score (nSPS) is 10.2. The average molecular weight is 221 g/mol. The molecule has 2 heterocycles. The quantitative estimate of drug-likeness (QED) is 0.779. The van der Waals surface area contributed by atoms with Crippen molar-refractivity contribution in [3.8, 4) is 0 Å². The maximum absolute atomic E-state index is 7.62. The SMILES string of the molecule is N=c1cccnn1Cc1ccc(Cl)nc1. The van der Waals surface area contributed by atoms with E-state index in [-0.39, 0.29) is 0 Å². The van der Waals surface area contributed by atoms with Gasteiger partial charge in [0.25, 0.3) is 0 Å². The number of pyridine rings is 1. The zero-order valence-corrected chi connectivity index (χ0v) is 8.65. The lowest BCUT2D eigenvalue weighted by Crippen LogP contribution is -2.21. The van der Waals surface area contributed by atoms with Crippen LogP contribution in [0.5, 0.6) is 0 Å². The second-order valence-corrected chi connectivity index (χ2v) is 3.44. The Kier molecular flexibility index (Phi) is 2.78. The summed E-state index contributed by atoms with van der Waals surface area (Å²) in [6, 6.07) is 7.02. The summed E-state index contributed by atoms with van der Waals surface area (Å²) >= 11 is 5.68. The lowest BCUT2D eigenvalue weighted by atomic mass is 10.3. The first kappa shape index (κ1) is 9.86. The highest BCUT2D eigenvalue weighted by atomic mass is 35.5. The third-order valence-corrected chi connectivity index (χ3v) is 2.17. The van der Waals surface area contributed by atoms with Crippen molar-refractivity contribution in [3.05, 3.63) is 52.9 Å². The lowest BCUT2D eigenvalue weighted by molar-refractivity contribution is 0.618. The minimum Gasteiger partial charge on any atom is -0.283 e. The molecule has 0 aromatic carbocycles. The molecule has 15 heavy (non-hydrogen) atoms. The minimum absolute atomic E-state index is 0.368. The van der Waals surface area contributed by atoms with Crippen molar-refractivity contribution in [1.29, 1.82) is 5.41 Å². The van der Waals surface area contributed by atoms with E-state index in [9.17, 15) is 0 Å². The first-order valence-corrected chi connectivity index (χ1v) is 4.81. The summed E-state index contributed by atoms with van der Waals surface area (Å²) in [5.74, 6) is 0. The minimum atomic E-state index is 0.368. The Hall–Kier alpha value is -1.68. The first-order chi connectivity index (χ1) is 7.25. The molecule has 0 amide bonds. The Morgan fingerprint density at radius 2 is 2.20 bits per heavy atom. The van der Waals surface area contributed by atoms with Crippen molar-refractivity contribution < 1.29 is 0 Å². The molecule has 0 aliphatic rings. The predicted molar refractivity (Wildman–Crippen MR) is 56.4 cm³/mol. The van der Waals surface area contributed by atoms with Gasteiger partial charge in [0, 0.05) is 12.4 Å². The van der Waals surface area contributed by atoms with Crippen LogP contribution in [0.1, 0.15) is 5.56 Å². The molecule has 76 valence electrons. The van der Waals surface area contributed by atoms with Crippen LogP contribution in [0.15, 0.2) is 36.7 Å². The van der Waals surface area contributed by atoms with Crippen molar-refractivity contribution in [3.63, 3.8) is 0 Å². The fraction of sp³-hybridized carbons (Fsp3) is 0.100. The van der Waals surface area contributed by atoms with Crippen LogP contribution >= 0.6 is 11.6 Å². The van der Waals surface area contributed by atoms with Crippen molar-refractivity contribution in [2.75, 3.05) is 0 Å². The Morgan fingerprint density at radius 1 is 1.33 bits per heavy atom. The molecule has 2 rings (SSSR count). The van der Waals surface area contributed by atoms with E-state index >= 15 is 0 Å². The first-order valence-electron chi connectivity index (χ1n) is 4.43. The fourth-order valence-electron chi connectivity index (χ4n) is 1.20. The molecule has 0 saturated carbocycles. The highest BCUT2D eigenvalue weighted by molar-refractivity contribution is 6.29. The lowest BCUT2D eigenvalue weighted by Gasteiger charge is -2.04. The molecular formula is C10H9ClN4.